The van der Waals surface area contributed by atoms with E-state index in [9.17, 15) is 18.4 Å². The molecule has 0 radical (unpaired) electrons. The number of nitrogens with two attached hydrogens (primary N) is 1. The zero-order chi connectivity index (χ0) is 23.8. The molecule has 0 bridgehead atoms. The normalized spacial score (nSPS) is 28.5. The van der Waals surface area contributed by atoms with Gasteiger partial charge in [-0.25, -0.2) is 18.7 Å². The maximum Gasteiger partial charge on any atom is 0.267 e. The van der Waals surface area contributed by atoms with Crippen LogP contribution >= 0.6 is 0 Å². The summed E-state index contributed by atoms with van der Waals surface area (Å²) in [6.07, 6.45) is 6.73. The molecule has 2 aromatic rings. The third kappa shape index (κ3) is 4.56. The molecule has 5 rings (SSSR count). The minimum atomic E-state index is -0.581. The highest BCUT2D eigenvalue weighted by Crippen LogP contribution is 2.43. The quantitative estimate of drug-likeness (QED) is 0.727. The van der Waals surface area contributed by atoms with Crippen LogP contribution < -0.4 is 10.6 Å². The van der Waals surface area contributed by atoms with Crippen LogP contribution in [0.1, 0.15) is 54.1 Å². The van der Waals surface area contributed by atoms with Crippen molar-refractivity contribution in [1.82, 2.24) is 9.97 Å². The number of anilines is 1. The molecule has 0 spiro atoms. The lowest BCUT2D eigenvalue weighted by Gasteiger charge is -2.20. The number of Topliss-reactive ketones (excluding diaryl/α,β-unsaturated/α-hetero) is 1. The van der Waals surface area contributed by atoms with E-state index < -0.39 is 17.5 Å². The second-order valence-electron chi connectivity index (χ2n) is 9.66. The average molecular weight is 468 g/mol. The van der Waals surface area contributed by atoms with Gasteiger partial charge in [-0.3, -0.25) is 14.6 Å². The smallest absolute Gasteiger partial charge is 0.267 e. The Morgan fingerprint density at radius 3 is 2.41 bits per heavy atom. The number of rotatable bonds is 5. The number of amides is 1. The highest BCUT2D eigenvalue weighted by molar-refractivity contribution is 5.91. The van der Waals surface area contributed by atoms with Gasteiger partial charge in [-0.05, 0) is 73.6 Å². The summed E-state index contributed by atoms with van der Waals surface area (Å²) in [5, 5.41) is 0. The Kier molecular flexibility index (Phi) is 6.10. The highest BCUT2D eigenvalue weighted by atomic mass is 19.1. The molecular formula is C25H27F2N5O2. The van der Waals surface area contributed by atoms with Gasteiger partial charge in [-0.1, -0.05) is 0 Å². The first-order valence-corrected chi connectivity index (χ1v) is 11.8. The first-order chi connectivity index (χ1) is 16.4. The van der Waals surface area contributed by atoms with Crippen LogP contribution in [0.3, 0.4) is 0 Å². The Morgan fingerprint density at radius 2 is 1.74 bits per heavy atom. The van der Waals surface area contributed by atoms with Crippen LogP contribution in [0.25, 0.3) is 0 Å². The van der Waals surface area contributed by atoms with E-state index in [0.717, 1.165) is 32.0 Å². The maximum absolute atomic E-state index is 13.6. The summed E-state index contributed by atoms with van der Waals surface area (Å²) >= 11 is 0. The van der Waals surface area contributed by atoms with Crippen molar-refractivity contribution < 1.29 is 18.4 Å². The zero-order valence-electron chi connectivity index (χ0n) is 18.7. The van der Waals surface area contributed by atoms with Gasteiger partial charge in [0.15, 0.2) is 5.78 Å². The van der Waals surface area contributed by atoms with E-state index in [1.807, 2.05) is 0 Å². The molecule has 3 heterocycles. The first-order valence-electron chi connectivity index (χ1n) is 11.8. The number of primary amides is 1. The van der Waals surface area contributed by atoms with Crippen molar-refractivity contribution >= 4 is 23.9 Å². The fourth-order valence-electron chi connectivity index (χ4n) is 5.80. The minimum Gasteiger partial charge on any atom is -0.364 e. The third-order valence-corrected chi connectivity index (χ3v) is 7.48. The number of aliphatic imine (C=N–C) groups is 1. The molecule has 178 valence electrons. The molecule has 9 heteroatoms. The summed E-state index contributed by atoms with van der Waals surface area (Å²) in [6.45, 7) is 1.50. The number of benzene rings is 1. The number of hydrogen-bond donors (Lipinski definition) is 1. The Labute approximate surface area is 196 Å². The fraction of sp³-hybridized carbons (Fsp3) is 0.480. The van der Waals surface area contributed by atoms with Crippen LogP contribution in [0, 0.1) is 29.4 Å². The summed E-state index contributed by atoms with van der Waals surface area (Å²) in [5.74, 6) is -0.399. The van der Waals surface area contributed by atoms with Crippen molar-refractivity contribution in [2.45, 2.75) is 44.1 Å². The number of fused-ring (bicyclic) bond motifs is 1. The lowest BCUT2D eigenvalue weighted by molar-refractivity contribution is -0.124. The first kappa shape index (κ1) is 22.6. The van der Waals surface area contributed by atoms with Crippen molar-refractivity contribution in [2.24, 2.45) is 28.5 Å². The third-order valence-electron chi connectivity index (χ3n) is 7.48. The van der Waals surface area contributed by atoms with Crippen molar-refractivity contribution in [2.75, 3.05) is 18.0 Å². The second kappa shape index (κ2) is 9.19. The molecule has 3 aliphatic rings. The van der Waals surface area contributed by atoms with E-state index >= 15 is 0 Å². The van der Waals surface area contributed by atoms with Crippen LogP contribution in [-0.2, 0) is 4.79 Å². The van der Waals surface area contributed by atoms with E-state index in [-0.39, 0.29) is 29.4 Å². The molecule has 1 aromatic heterocycles. The summed E-state index contributed by atoms with van der Waals surface area (Å²) in [7, 11) is 0. The molecule has 1 saturated heterocycles. The van der Waals surface area contributed by atoms with Gasteiger partial charge in [0, 0.05) is 37.5 Å². The van der Waals surface area contributed by atoms with Crippen LogP contribution in [-0.4, -0.2) is 47.0 Å². The molecule has 1 amide bonds. The monoisotopic (exact) mass is 467 g/mol. The zero-order valence-corrected chi connectivity index (χ0v) is 18.7. The van der Waals surface area contributed by atoms with Gasteiger partial charge in [-0.15, -0.1) is 0 Å². The standard InChI is InChI=1S/C25H27F2N5O2/c26-19-9-15(10-20(27)11-19)14-1-2-21(29-5-3-14)23(33)16-7-17-12-32(13-18(17)8-16)25-30-6-4-22(31-25)24(28)34/h4-6,9-11,14,16-18,21H,1-3,7-8,12-13H2,(H2,28,34)/t14-,16-,17-,18+,21?/m0/s1. The lowest BCUT2D eigenvalue weighted by atomic mass is 9.88. The molecule has 1 saturated carbocycles. The van der Waals surface area contributed by atoms with Gasteiger partial charge in [-0.2, -0.15) is 0 Å². The van der Waals surface area contributed by atoms with Crippen molar-refractivity contribution in [3.05, 3.63) is 53.4 Å². The van der Waals surface area contributed by atoms with Gasteiger partial charge >= 0.3 is 0 Å². The number of aromatic nitrogens is 2. The molecule has 2 aliphatic heterocycles. The minimum absolute atomic E-state index is 0.0275. The number of hydrogen-bond acceptors (Lipinski definition) is 6. The number of halogens is 2. The molecule has 2 N–H and O–H groups in total. The SMILES string of the molecule is NC(=O)c1ccnc(N2C[C@H]3C[C@@H](C(=O)C4CC[C@H](c5cc(F)cc(F)c5)CC=N4)C[C@H]3C2)n1. The maximum atomic E-state index is 13.6. The molecular weight excluding hydrogens is 440 g/mol. The summed E-state index contributed by atoms with van der Waals surface area (Å²) < 4.78 is 27.3. The van der Waals surface area contributed by atoms with Crippen molar-refractivity contribution in [1.29, 1.82) is 0 Å². The van der Waals surface area contributed by atoms with E-state index in [1.165, 1.54) is 18.2 Å². The van der Waals surface area contributed by atoms with Crippen LogP contribution in [0.4, 0.5) is 14.7 Å². The molecule has 7 nitrogen and oxygen atoms in total. The Hall–Kier alpha value is -3.23. The second-order valence-corrected chi connectivity index (χ2v) is 9.66. The summed E-state index contributed by atoms with van der Waals surface area (Å²) in [6, 6.07) is 4.73. The van der Waals surface area contributed by atoms with E-state index in [4.69, 9.17) is 5.73 Å². The van der Waals surface area contributed by atoms with Gasteiger partial charge in [0.2, 0.25) is 5.95 Å². The largest absolute Gasteiger partial charge is 0.364 e. The highest BCUT2D eigenvalue weighted by Gasteiger charge is 2.45. The van der Waals surface area contributed by atoms with Gasteiger partial charge in [0.05, 0.1) is 0 Å². The molecule has 1 aliphatic carbocycles. The van der Waals surface area contributed by atoms with Crippen LogP contribution in [0.5, 0.6) is 0 Å². The molecule has 2 fully saturated rings. The molecule has 34 heavy (non-hydrogen) atoms. The van der Waals surface area contributed by atoms with Crippen LogP contribution in [0.2, 0.25) is 0 Å². The number of carbonyl (C=O) groups excluding carboxylic acids is 2. The average Bonchev–Trinajstić information content (AvgIpc) is 3.28. The van der Waals surface area contributed by atoms with Gasteiger partial charge in [0.25, 0.3) is 5.91 Å². The fourth-order valence-corrected chi connectivity index (χ4v) is 5.80. The number of nitrogens with zero attached hydrogens (tertiary/aromatic N) is 4. The van der Waals surface area contributed by atoms with Crippen molar-refractivity contribution in [3.63, 3.8) is 0 Å². The lowest BCUT2D eigenvalue weighted by Crippen LogP contribution is -2.29. The van der Waals surface area contributed by atoms with Crippen molar-refractivity contribution in [3.8, 4) is 0 Å². The number of carbonyl (C=O) groups is 2. The Morgan fingerprint density at radius 1 is 1.03 bits per heavy atom. The van der Waals surface area contributed by atoms with Gasteiger partial charge < -0.3 is 10.6 Å². The molecule has 1 aromatic carbocycles. The number of ketones is 1. The predicted molar refractivity (Wildman–Crippen MR) is 123 cm³/mol. The Balaban J connectivity index is 1.18. The van der Waals surface area contributed by atoms with Gasteiger partial charge in [0.1, 0.15) is 23.4 Å². The predicted octanol–water partition coefficient (Wildman–Crippen LogP) is 3.29. The summed E-state index contributed by atoms with van der Waals surface area (Å²) in [5.41, 5.74) is 6.15. The molecule has 5 atom stereocenters. The van der Waals surface area contributed by atoms with E-state index in [0.29, 0.717) is 42.6 Å². The summed E-state index contributed by atoms with van der Waals surface area (Å²) in [4.78, 5) is 39.9. The van der Waals surface area contributed by atoms with E-state index in [1.54, 1.807) is 12.4 Å². The topological polar surface area (TPSA) is 102 Å². The molecule has 1 unspecified atom stereocenters. The van der Waals surface area contributed by atoms with E-state index in [2.05, 4.69) is 19.9 Å². The Bertz CT molecular complexity index is 1110. The van der Waals surface area contributed by atoms with Crippen LogP contribution in [0.15, 0.2) is 35.5 Å².